The van der Waals surface area contributed by atoms with Gasteiger partial charge < -0.3 is 20.5 Å². The summed E-state index contributed by atoms with van der Waals surface area (Å²) in [6.45, 7) is 11.9. The van der Waals surface area contributed by atoms with Crippen LogP contribution >= 0.6 is 0 Å². The number of alkyl carbamates (subject to hydrolysis) is 1. The standard InChI is InChI=1S/C15H28N2O3/c1-13(2,3)20-12(18)17-15(6-7-19-9-15)11-10(8-16)14(11,4)5/h10-11H,6-9,16H2,1-5H3,(H,17,18)/t10-,11-,15?/m1/s1. The van der Waals surface area contributed by atoms with E-state index >= 15 is 0 Å². The molecule has 3 atom stereocenters. The van der Waals surface area contributed by atoms with Crippen molar-refractivity contribution in [2.75, 3.05) is 19.8 Å². The van der Waals surface area contributed by atoms with Crippen molar-refractivity contribution in [3.63, 3.8) is 0 Å². The summed E-state index contributed by atoms with van der Waals surface area (Å²) < 4.78 is 11.0. The lowest BCUT2D eigenvalue weighted by atomic mass is 9.87. The summed E-state index contributed by atoms with van der Waals surface area (Å²) in [6.07, 6.45) is 0.470. The predicted octanol–water partition coefficient (Wildman–Crippen LogP) is 1.90. The highest BCUT2D eigenvalue weighted by Gasteiger charge is 2.67. The molecule has 0 aromatic rings. The van der Waals surface area contributed by atoms with Crippen LogP contribution in [0.3, 0.4) is 0 Å². The van der Waals surface area contributed by atoms with Crippen molar-refractivity contribution >= 4 is 6.09 Å². The summed E-state index contributed by atoms with van der Waals surface area (Å²) in [4.78, 5) is 12.1. The molecule has 1 heterocycles. The van der Waals surface area contributed by atoms with Crippen molar-refractivity contribution in [1.82, 2.24) is 5.32 Å². The van der Waals surface area contributed by atoms with Crippen molar-refractivity contribution in [1.29, 1.82) is 0 Å². The monoisotopic (exact) mass is 284 g/mol. The Hall–Kier alpha value is -0.810. The number of carbonyl (C=O) groups excluding carboxylic acids is 1. The van der Waals surface area contributed by atoms with Gasteiger partial charge in [-0.25, -0.2) is 4.79 Å². The van der Waals surface area contributed by atoms with Gasteiger partial charge in [-0.3, -0.25) is 0 Å². The number of nitrogens with two attached hydrogens (primary N) is 1. The van der Waals surface area contributed by atoms with Gasteiger partial charge in [0, 0.05) is 6.61 Å². The first-order valence-corrected chi connectivity index (χ1v) is 7.41. The van der Waals surface area contributed by atoms with Crippen LogP contribution in [0.25, 0.3) is 0 Å². The van der Waals surface area contributed by atoms with E-state index in [4.69, 9.17) is 15.2 Å². The number of amides is 1. The highest BCUT2D eigenvalue weighted by atomic mass is 16.6. The Morgan fingerprint density at radius 3 is 2.50 bits per heavy atom. The Morgan fingerprint density at radius 1 is 1.45 bits per heavy atom. The largest absolute Gasteiger partial charge is 0.444 e. The quantitative estimate of drug-likeness (QED) is 0.830. The number of hydrogen-bond acceptors (Lipinski definition) is 4. The molecule has 5 heteroatoms. The number of carbonyl (C=O) groups is 1. The molecule has 2 rings (SSSR count). The van der Waals surface area contributed by atoms with E-state index < -0.39 is 5.60 Å². The van der Waals surface area contributed by atoms with Crippen LogP contribution in [0.1, 0.15) is 41.0 Å². The van der Waals surface area contributed by atoms with Gasteiger partial charge in [-0.2, -0.15) is 0 Å². The summed E-state index contributed by atoms with van der Waals surface area (Å²) in [5, 5.41) is 3.09. The average Bonchev–Trinajstić information content (AvgIpc) is 2.65. The molecular formula is C15H28N2O3. The molecule has 2 fully saturated rings. The lowest BCUT2D eigenvalue weighted by molar-refractivity contribution is 0.0408. The Balaban J connectivity index is 2.10. The molecule has 116 valence electrons. The fourth-order valence-corrected chi connectivity index (χ4v) is 3.79. The van der Waals surface area contributed by atoms with Crippen LogP contribution in [-0.2, 0) is 9.47 Å². The summed E-state index contributed by atoms with van der Waals surface area (Å²) in [7, 11) is 0. The molecule has 20 heavy (non-hydrogen) atoms. The first kappa shape index (κ1) is 15.6. The summed E-state index contributed by atoms with van der Waals surface area (Å²) in [5.74, 6) is 0.786. The van der Waals surface area contributed by atoms with Crippen LogP contribution in [0.4, 0.5) is 4.79 Å². The normalized spacial score (nSPS) is 35.7. The molecule has 2 aliphatic rings. The first-order chi connectivity index (χ1) is 9.12. The van der Waals surface area contributed by atoms with Gasteiger partial charge in [-0.1, -0.05) is 13.8 Å². The second kappa shape index (κ2) is 4.88. The van der Waals surface area contributed by atoms with Crippen molar-refractivity contribution < 1.29 is 14.3 Å². The van der Waals surface area contributed by atoms with Crippen LogP contribution in [0, 0.1) is 17.3 Å². The molecule has 1 unspecified atom stereocenters. The van der Waals surface area contributed by atoms with Crippen LogP contribution < -0.4 is 11.1 Å². The lowest BCUT2D eigenvalue weighted by Gasteiger charge is -2.32. The van der Waals surface area contributed by atoms with Gasteiger partial charge in [-0.05, 0) is 51.0 Å². The highest BCUT2D eigenvalue weighted by Crippen LogP contribution is 2.63. The summed E-state index contributed by atoms with van der Waals surface area (Å²) in [6, 6.07) is 0. The first-order valence-electron chi connectivity index (χ1n) is 7.41. The van der Waals surface area contributed by atoms with Crippen LogP contribution in [0.5, 0.6) is 0 Å². The molecule has 1 saturated carbocycles. The van der Waals surface area contributed by atoms with E-state index in [9.17, 15) is 4.79 Å². The minimum atomic E-state index is -0.489. The maximum atomic E-state index is 12.1. The van der Waals surface area contributed by atoms with E-state index in [1.165, 1.54) is 0 Å². The highest BCUT2D eigenvalue weighted by molar-refractivity contribution is 5.69. The van der Waals surface area contributed by atoms with Crippen molar-refractivity contribution in [3.8, 4) is 0 Å². The molecule has 0 aromatic heterocycles. The van der Waals surface area contributed by atoms with E-state index in [-0.39, 0.29) is 17.0 Å². The minimum Gasteiger partial charge on any atom is -0.444 e. The smallest absolute Gasteiger partial charge is 0.408 e. The van der Waals surface area contributed by atoms with Crippen molar-refractivity contribution in [3.05, 3.63) is 0 Å². The zero-order chi connectivity index (χ0) is 15.2. The lowest BCUT2D eigenvalue weighted by Crippen LogP contribution is -2.53. The van der Waals surface area contributed by atoms with Crippen LogP contribution in [0.15, 0.2) is 0 Å². The van der Waals surface area contributed by atoms with Crippen LogP contribution in [0.2, 0.25) is 0 Å². The molecule has 1 aliphatic carbocycles. The molecule has 0 bridgehead atoms. The molecule has 1 aliphatic heterocycles. The zero-order valence-electron chi connectivity index (χ0n) is 13.3. The second-order valence-electron chi connectivity index (χ2n) is 7.73. The Labute approximate surface area is 121 Å². The summed E-state index contributed by atoms with van der Waals surface area (Å²) >= 11 is 0. The van der Waals surface area contributed by atoms with Crippen LogP contribution in [-0.4, -0.2) is 37.0 Å². The average molecular weight is 284 g/mol. The number of rotatable bonds is 3. The molecule has 1 saturated heterocycles. The maximum Gasteiger partial charge on any atom is 0.408 e. The number of hydrogen-bond donors (Lipinski definition) is 2. The van der Waals surface area contributed by atoms with E-state index in [0.29, 0.717) is 31.6 Å². The van der Waals surface area contributed by atoms with Gasteiger partial charge in [0.15, 0.2) is 0 Å². The Bertz CT molecular complexity index is 381. The molecule has 0 spiro atoms. The zero-order valence-corrected chi connectivity index (χ0v) is 13.3. The minimum absolute atomic E-state index is 0.150. The second-order valence-corrected chi connectivity index (χ2v) is 7.73. The van der Waals surface area contributed by atoms with Gasteiger partial charge in [0.25, 0.3) is 0 Å². The topological polar surface area (TPSA) is 73.6 Å². The third-order valence-electron chi connectivity index (χ3n) is 4.70. The van der Waals surface area contributed by atoms with Gasteiger partial charge in [0.1, 0.15) is 5.60 Å². The molecule has 0 radical (unpaired) electrons. The molecule has 1 amide bonds. The van der Waals surface area contributed by atoms with Gasteiger partial charge in [0.2, 0.25) is 0 Å². The third kappa shape index (κ3) is 2.79. The van der Waals surface area contributed by atoms with Crippen molar-refractivity contribution in [2.45, 2.75) is 52.2 Å². The Kier molecular flexibility index (Phi) is 3.80. The number of ether oxygens (including phenoxy) is 2. The van der Waals surface area contributed by atoms with Gasteiger partial charge in [0.05, 0.1) is 12.1 Å². The fourth-order valence-electron chi connectivity index (χ4n) is 3.79. The molecule has 0 aromatic carbocycles. The molecule has 5 nitrogen and oxygen atoms in total. The number of nitrogens with one attached hydrogen (secondary N) is 1. The van der Waals surface area contributed by atoms with E-state index in [1.54, 1.807) is 0 Å². The van der Waals surface area contributed by atoms with E-state index in [2.05, 4.69) is 19.2 Å². The maximum absolute atomic E-state index is 12.1. The fraction of sp³-hybridized carbons (Fsp3) is 0.933. The third-order valence-corrected chi connectivity index (χ3v) is 4.70. The Morgan fingerprint density at radius 2 is 2.10 bits per heavy atom. The molecular weight excluding hydrogens is 256 g/mol. The van der Waals surface area contributed by atoms with Crippen molar-refractivity contribution in [2.24, 2.45) is 23.0 Å². The van der Waals surface area contributed by atoms with E-state index in [0.717, 1.165) is 6.42 Å². The van der Waals surface area contributed by atoms with Gasteiger partial charge >= 0.3 is 6.09 Å². The predicted molar refractivity (Wildman–Crippen MR) is 77.4 cm³/mol. The summed E-state index contributed by atoms with van der Waals surface area (Å²) in [5.41, 5.74) is 5.21. The molecule has 3 N–H and O–H groups in total. The van der Waals surface area contributed by atoms with E-state index in [1.807, 2.05) is 20.8 Å². The van der Waals surface area contributed by atoms with Gasteiger partial charge in [-0.15, -0.1) is 0 Å². The SMILES string of the molecule is CC(C)(C)OC(=O)NC1([C@@H]2[C@@H](CN)C2(C)C)CCOC1.